The quantitative estimate of drug-likeness (QED) is 0.694. The highest BCUT2D eigenvalue weighted by Crippen LogP contribution is 2.34. The molecule has 2 aromatic carbocycles. The van der Waals surface area contributed by atoms with Crippen molar-refractivity contribution >= 4 is 0 Å². The highest BCUT2D eigenvalue weighted by Gasteiger charge is 2.37. The van der Waals surface area contributed by atoms with Gasteiger partial charge in [0.1, 0.15) is 17.2 Å². The van der Waals surface area contributed by atoms with Gasteiger partial charge in [-0.3, -0.25) is 0 Å². The van der Waals surface area contributed by atoms with E-state index in [0.29, 0.717) is 6.42 Å². The Morgan fingerprint density at radius 2 is 1.29 bits per heavy atom. The summed E-state index contributed by atoms with van der Waals surface area (Å²) in [5, 5.41) is 0. The fourth-order valence-corrected chi connectivity index (χ4v) is 2.08. The first-order valence-corrected chi connectivity index (χ1v) is 6.38. The van der Waals surface area contributed by atoms with Crippen LogP contribution in [0.25, 0.3) is 0 Å². The molecule has 0 aliphatic carbocycles. The van der Waals surface area contributed by atoms with Gasteiger partial charge in [0.05, 0.1) is 0 Å². The molecule has 0 spiro atoms. The smallest absolute Gasteiger partial charge is 0.206 e. The van der Waals surface area contributed by atoms with Gasteiger partial charge in [-0.2, -0.15) is 13.2 Å². The molecular weight excluding hydrogens is 287 g/mol. The summed E-state index contributed by atoms with van der Waals surface area (Å²) in [7, 11) is 0. The van der Waals surface area contributed by atoms with Crippen LogP contribution in [-0.4, -0.2) is 0 Å². The summed E-state index contributed by atoms with van der Waals surface area (Å²) < 4.78 is 64.2. The highest BCUT2D eigenvalue weighted by atomic mass is 19.4. The minimum absolute atomic E-state index is 0.207. The minimum Gasteiger partial charge on any atom is -0.206 e. The van der Waals surface area contributed by atoms with Gasteiger partial charge >= 0.3 is 6.18 Å². The lowest BCUT2D eigenvalue weighted by Crippen LogP contribution is -2.12. The van der Waals surface area contributed by atoms with Gasteiger partial charge in [0.15, 0.2) is 0 Å². The fourth-order valence-electron chi connectivity index (χ4n) is 2.08. The molecule has 0 radical (unpaired) electrons. The molecule has 0 unspecified atom stereocenters. The van der Waals surface area contributed by atoms with Gasteiger partial charge in [-0.1, -0.05) is 29.8 Å². The standard InChI is InChI=1S/C16H13F5/c1-10-2-4-11(5-3-10)6-7-12-8-13(17)15(14(18)9-12)16(19,20)21/h2-5,8-9H,6-7H2,1H3. The van der Waals surface area contributed by atoms with Crippen LogP contribution in [0.5, 0.6) is 0 Å². The molecular formula is C16H13F5. The van der Waals surface area contributed by atoms with E-state index in [1.54, 1.807) is 0 Å². The van der Waals surface area contributed by atoms with Crippen molar-refractivity contribution in [3.63, 3.8) is 0 Å². The Hall–Kier alpha value is -1.91. The summed E-state index contributed by atoms with van der Waals surface area (Å²) in [5.74, 6) is -3.14. The van der Waals surface area contributed by atoms with Crippen molar-refractivity contribution in [3.8, 4) is 0 Å². The number of alkyl halides is 3. The first-order valence-electron chi connectivity index (χ1n) is 6.38. The van der Waals surface area contributed by atoms with Crippen LogP contribution in [0, 0.1) is 18.6 Å². The first-order chi connectivity index (χ1) is 9.77. The van der Waals surface area contributed by atoms with Gasteiger partial charge in [-0.25, -0.2) is 8.78 Å². The van der Waals surface area contributed by atoms with Crippen molar-refractivity contribution in [3.05, 3.63) is 70.3 Å². The van der Waals surface area contributed by atoms with E-state index < -0.39 is 23.4 Å². The minimum atomic E-state index is -5.02. The summed E-state index contributed by atoms with van der Waals surface area (Å²) in [6, 6.07) is 9.07. The van der Waals surface area contributed by atoms with Crippen molar-refractivity contribution in [2.45, 2.75) is 25.9 Å². The Morgan fingerprint density at radius 1 is 0.810 bits per heavy atom. The number of benzene rings is 2. The molecule has 0 aliphatic heterocycles. The van der Waals surface area contributed by atoms with Gasteiger partial charge in [0, 0.05) is 0 Å². The van der Waals surface area contributed by atoms with Crippen molar-refractivity contribution in [1.82, 2.24) is 0 Å². The van der Waals surface area contributed by atoms with Crippen LogP contribution in [-0.2, 0) is 19.0 Å². The summed E-state index contributed by atoms with van der Waals surface area (Å²) in [6.07, 6.45) is -4.25. The summed E-state index contributed by atoms with van der Waals surface area (Å²) >= 11 is 0. The van der Waals surface area contributed by atoms with Gasteiger partial charge < -0.3 is 0 Å². The third-order valence-corrected chi connectivity index (χ3v) is 3.21. The average Bonchev–Trinajstić information content (AvgIpc) is 2.35. The lowest BCUT2D eigenvalue weighted by atomic mass is 10.0. The lowest BCUT2D eigenvalue weighted by molar-refractivity contribution is -0.142. The van der Waals surface area contributed by atoms with Crippen molar-refractivity contribution in [2.24, 2.45) is 0 Å². The van der Waals surface area contributed by atoms with Crippen LogP contribution < -0.4 is 0 Å². The van der Waals surface area contributed by atoms with E-state index in [-0.39, 0.29) is 12.0 Å². The maximum Gasteiger partial charge on any atom is 0.422 e. The van der Waals surface area contributed by atoms with E-state index in [2.05, 4.69) is 0 Å². The second kappa shape index (κ2) is 5.84. The Bertz CT molecular complexity index is 603. The Balaban J connectivity index is 2.17. The molecule has 0 N–H and O–H groups in total. The van der Waals surface area contributed by atoms with Crippen LogP contribution in [0.2, 0.25) is 0 Å². The number of hydrogen-bond acceptors (Lipinski definition) is 0. The number of halogens is 5. The third-order valence-electron chi connectivity index (χ3n) is 3.21. The number of hydrogen-bond donors (Lipinski definition) is 0. The molecule has 0 aliphatic rings. The SMILES string of the molecule is Cc1ccc(CCc2cc(F)c(C(F)(F)F)c(F)c2)cc1. The normalized spacial score (nSPS) is 11.7. The molecule has 0 heterocycles. The molecule has 0 nitrogen and oxygen atoms in total. The predicted octanol–water partition coefficient (Wildman–Crippen LogP) is 5.08. The topological polar surface area (TPSA) is 0 Å². The largest absolute Gasteiger partial charge is 0.422 e. The molecule has 0 atom stereocenters. The molecule has 21 heavy (non-hydrogen) atoms. The first kappa shape index (κ1) is 15.5. The Kier molecular flexibility index (Phi) is 4.30. The van der Waals surface area contributed by atoms with Gasteiger partial charge in [0.25, 0.3) is 0 Å². The van der Waals surface area contributed by atoms with E-state index in [9.17, 15) is 22.0 Å². The van der Waals surface area contributed by atoms with E-state index >= 15 is 0 Å². The van der Waals surface area contributed by atoms with Crippen LogP contribution in [0.15, 0.2) is 36.4 Å². The molecule has 2 rings (SSSR count). The zero-order valence-electron chi connectivity index (χ0n) is 11.3. The summed E-state index contributed by atoms with van der Waals surface area (Å²) in [5.41, 5.74) is 0.423. The maximum atomic E-state index is 13.4. The molecule has 5 heteroatoms. The van der Waals surface area contributed by atoms with Crippen LogP contribution in [0.1, 0.15) is 22.3 Å². The van der Waals surface area contributed by atoms with Crippen LogP contribution in [0.4, 0.5) is 22.0 Å². The van der Waals surface area contributed by atoms with Crippen molar-refractivity contribution < 1.29 is 22.0 Å². The highest BCUT2D eigenvalue weighted by molar-refractivity contribution is 5.29. The molecule has 0 fully saturated rings. The fraction of sp³-hybridized carbons (Fsp3) is 0.250. The van der Waals surface area contributed by atoms with E-state index in [0.717, 1.165) is 23.3 Å². The second-order valence-electron chi connectivity index (χ2n) is 4.92. The predicted molar refractivity (Wildman–Crippen MR) is 69.9 cm³/mol. The molecule has 0 aromatic heterocycles. The zero-order valence-corrected chi connectivity index (χ0v) is 11.3. The monoisotopic (exact) mass is 300 g/mol. The third kappa shape index (κ3) is 3.80. The Labute approximate surface area is 119 Å². The molecule has 0 bridgehead atoms. The molecule has 0 amide bonds. The van der Waals surface area contributed by atoms with Crippen LogP contribution in [0.3, 0.4) is 0 Å². The van der Waals surface area contributed by atoms with Gasteiger partial charge in [0.2, 0.25) is 0 Å². The molecule has 2 aromatic rings. The number of rotatable bonds is 3. The van der Waals surface area contributed by atoms with E-state index in [4.69, 9.17) is 0 Å². The lowest BCUT2D eigenvalue weighted by Gasteiger charge is -2.11. The number of aryl methyl sites for hydroxylation is 3. The average molecular weight is 300 g/mol. The summed E-state index contributed by atoms with van der Waals surface area (Å²) in [6.45, 7) is 1.93. The summed E-state index contributed by atoms with van der Waals surface area (Å²) in [4.78, 5) is 0. The van der Waals surface area contributed by atoms with Gasteiger partial charge in [-0.05, 0) is 43.0 Å². The molecule has 0 saturated heterocycles. The van der Waals surface area contributed by atoms with E-state index in [1.165, 1.54) is 0 Å². The van der Waals surface area contributed by atoms with Crippen LogP contribution >= 0.6 is 0 Å². The zero-order chi connectivity index (χ0) is 15.6. The maximum absolute atomic E-state index is 13.4. The van der Waals surface area contributed by atoms with Crippen molar-refractivity contribution in [2.75, 3.05) is 0 Å². The second-order valence-corrected chi connectivity index (χ2v) is 4.92. The van der Waals surface area contributed by atoms with Crippen molar-refractivity contribution in [1.29, 1.82) is 0 Å². The Morgan fingerprint density at radius 3 is 1.76 bits per heavy atom. The van der Waals surface area contributed by atoms with E-state index in [1.807, 2.05) is 31.2 Å². The van der Waals surface area contributed by atoms with Gasteiger partial charge in [-0.15, -0.1) is 0 Å². The molecule has 112 valence electrons. The molecule has 0 saturated carbocycles.